The van der Waals surface area contributed by atoms with Gasteiger partial charge in [0.15, 0.2) is 69.9 Å². The molecule has 0 radical (unpaired) electrons. The van der Waals surface area contributed by atoms with E-state index in [9.17, 15) is 23.7 Å². The summed E-state index contributed by atoms with van der Waals surface area (Å²) in [5.41, 5.74) is 10.6. The number of fused-ring (bicyclic) bond motifs is 6. The fraction of sp³-hybridized carbons (Fsp3) is 0.0101. The highest BCUT2D eigenvalue weighted by Gasteiger charge is 2.33. The summed E-state index contributed by atoms with van der Waals surface area (Å²) in [7, 11) is 0. The Bertz CT molecular complexity index is 6810. The van der Waals surface area contributed by atoms with Crippen molar-refractivity contribution in [1.29, 1.82) is 10.5 Å². The van der Waals surface area contributed by atoms with Gasteiger partial charge in [0.25, 0.3) is 0 Å². The van der Waals surface area contributed by atoms with Crippen LogP contribution >= 0.6 is 0 Å². The minimum absolute atomic E-state index is 0.0218. The highest BCUT2D eigenvalue weighted by molar-refractivity contribution is 6.14. The molecule has 0 saturated heterocycles. The largest absolute Gasteiger partial charge is 0.416 e. The molecular weight excluding hydrogens is 1470 g/mol. The van der Waals surface area contributed by atoms with Gasteiger partial charge in [0.2, 0.25) is 0 Å². The van der Waals surface area contributed by atoms with Crippen molar-refractivity contribution in [2.45, 2.75) is 6.18 Å². The lowest BCUT2D eigenvalue weighted by Gasteiger charge is -2.20. The van der Waals surface area contributed by atoms with E-state index in [1.165, 1.54) is 6.07 Å². The molecule has 0 spiro atoms. The molecule has 14 aromatic carbocycles. The summed E-state index contributed by atoms with van der Waals surface area (Å²) in [6.45, 7) is 0. The van der Waals surface area contributed by atoms with Crippen LogP contribution in [-0.2, 0) is 6.18 Å². The van der Waals surface area contributed by atoms with E-state index >= 15 is 0 Å². The van der Waals surface area contributed by atoms with Crippen LogP contribution in [0.4, 0.5) is 13.2 Å². The molecule has 118 heavy (non-hydrogen) atoms. The summed E-state index contributed by atoms with van der Waals surface area (Å²) in [4.78, 5) is 62.3. The fourth-order valence-corrected chi connectivity index (χ4v) is 15.2. The Kier molecular flexibility index (Phi) is 17.7. The van der Waals surface area contributed by atoms with Crippen molar-refractivity contribution in [2.75, 3.05) is 0 Å². The zero-order chi connectivity index (χ0) is 79.4. The van der Waals surface area contributed by atoms with Crippen LogP contribution in [0.5, 0.6) is 0 Å². The van der Waals surface area contributed by atoms with Gasteiger partial charge in [-0.3, -0.25) is 0 Å². The van der Waals surface area contributed by atoms with E-state index in [2.05, 4.69) is 21.3 Å². The van der Waals surface area contributed by atoms with E-state index in [1.54, 1.807) is 12.1 Å². The third-order valence-electron chi connectivity index (χ3n) is 20.8. The summed E-state index contributed by atoms with van der Waals surface area (Å²) in [5, 5.41) is 26.2. The van der Waals surface area contributed by atoms with E-state index in [-0.39, 0.29) is 22.3 Å². The number of hydrogen-bond donors (Lipinski definition) is 0. The predicted octanol–water partition coefficient (Wildman–Crippen LogP) is 23.1. The van der Waals surface area contributed by atoms with Crippen LogP contribution in [0.25, 0.3) is 203 Å². The first-order valence-corrected chi connectivity index (χ1v) is 37.9. The number of benzene rings is 14. The van der Waals surface area contributed by atoms with Crippen LogP contribution in [0.2, 0.25) is 0 Å². The molecule has 0 aliphatic rings. The standard InChI is InChI=1S/C99H57F3N16/c100-99(101,102)74-45-50-75(72(51-74)58-103)80-57-86(118-83-54-70(97-113-91(64-33-17-5-18-34-64)107-92(114-97)65-35-19-6-20-36-65)43-48-78(83)79-49-44-71(55-84(79)118)98-115-93(66-37-21-7-22-38-66)108-94(116-98)67-39-23-8-24-40-67)85(56-73(80)59-104)117-81-52-68(95-109-87(60-25-9-1-10-26-60)105-88(110-95)61-27-11-2-12-28-61)41-46-76(81)77-47-42-69(53-82(77)117)96-111-89(62-29-13-3-14-30-62)106-90(112-96)63-31-15-4-16-32-63/h1-57H. The summed E-state index contributed by atoms with van der Waals surface area (Å²) in [6.07, 6.45) is -4.82. The first-order chi connectivity index (χ1) is 58.0. The Balaban J connectivity index is 0.928. The SMILES string of the molecule is N#Cc1cc(C(F)(F)F)ccc1-c1cc(-n2c3cc(-c4nc(-c5ccccc5)nc(-c5ccccc5)n4)ccc3c3ccc(-c4nc(-c5ccccc5)nc(-c5ccccc5)n4)cc32)c(-n2c3cc(-c4nc(-c5ccccc5)nc(-c5ccccc5)n4)ccc3c3ccc(-c4nc(-c5ccccc5)nc(-c5ccccc5)n4)cc32)cc1C#N. The molecule has 20 aromatic rings. The highest BCUT2D eigenvalue weighted by atomic mass is 19.4. The molecule has 0 amide bonds. The Labute approximate surface area is 672 Å². The van der Waals surface area contributed by atoms with Gasteiger partial charge in [-0.25, -0.2) is 59.8 Å². The maximum absolute atomic E-state index is 15.0. The average molecular weight is 1530 g/mol. The van der Waals surface area contributed by atoms with Crippen LogP contribution in [0, 0.1) is 22.7 Å². The summed E-state index contributed by atoms with van der Waals surface area (Å²) in [5.74, 6) is 4.88. The number of aromatic nitrogens is 14. The van der Waals surface area contributed by atoms with Gasteiger partial charge < -0.3 is 9.13 Å². The number of hydrogen-bond acceptors (Lipinski definition) is 14. The molecule has 6 heterocycles. The Hall–Kier alpha value is -16.5. The molecule has 0 unspecified atom stereocenters. The molecule has 19 heteroatoms. The number of alkyl halides is 3. The highest BCUT2D eigenvalue weighted by Crippen LogP contribution is 2.46. The number of nitriles is 2. The van der Waals surface area contributed by atoms with Gasteiger partial charge in [-0.15, -0.1) is 0 Å². The van der Waals surface area contributed by atoms with Crippen molar-refractivity contribution in [3.05, 3.63) is 362 Å². The molecule has 554 valence electrons. The molecule has 0 aliphatic carbocycles. The van der Waals surface area contributed by atoms with Crippen molar-refractivity contribution < 1.29 is 13.2 Å². The molecule has 0 N–H and O–H groups in total. The Morgan fingerprint density at radius 2 is 0.424 bits per heavy atom. The van der Waals surface area contributed by atoms with E-state index in [0.717, 1.165) is 78.2 Å². The van der Waals surface area contributed by atoms with Crippen molar-refractivity contribution in [2.24, 2.45) is 0 Å². The van der Waals surface area contributed by atoms with E-state index in [4.69, 9.17) is 59.8 Å². The lowest BCUT2D eigenvalue weighted by atomic mass is 9.93. The first-order valence-electron chi connectivity index (χ1n) is 37.9. The van der Waals surface area contributed by atoms with Crippen molar-refractivity contribution >= 4 is 43.6 Å². The second kappa shape index (κ2) is 29.5. The van der Waals surface area contributed by atoms with Gasteiger partial charge in [-0.1, -0.05) is 297 Å². The van der Waals surface area contributed by atoms with E-state index < -0.39 is 11.7 Å². The molecule has 20 rings (SSSR count). The maximum atomic E-state index is 15.0. The topological polar surface area (TPSA) is 212 Å². The number of halogens is 3. The maximum Gasteiger partial charge on any atom is 0.416 e. The average Bonchev–Trinajstić information content (AvgIpc) is 1.55. The van der Waals surface area contributed by atoms with Crippen molar-refractivity contribution in [3.8, 4) is 171 Å². The number of rotatable bonds is 15. The molecule has 0 aliphatic heterocycles. The van der Waals surface area contributed by atoms with Crippen LogP contribution in [0.3, 0.4) is 0 Å². The lowest BCUT2D eigenvalue weighted by Crippen LogP contribution is -2.07. The minimum atomic E-state index is -4.82. The van der Waals surface area contributed by atoms with Gasteiger partial charge in [0.05, 0.1) is 62.3 Å². The third kappa shape index (κ3) is 13.2. The fourth-order valence-electron chi connectivity index (χ4n) is 15.2. The summed E-state index contributed by atoms with van der Waals surface area (Å²) in [6, 6.07) is 113. The summed E-state index contributed by atoms with van der Waals surface area (Å²) >= 11 is 0. The smallest absolute Gasteiger partial charge is 0.307 e. The van der Waals surface area contributed by atoms with Gasteiger partial charge in [-0.05, 0) is 48.5 Å². The molecule has 0 atom stereocenters. The van der Waals surface area contributed by atoms with Crippen molar-refractivity contribution in [3.63, 3.8) is 0 Å². The van der Waals surface area contributed by atoms with Gasteiger partial charge >= 0.3 is 6.18 Å². The minimum Gasteiger partial charge on any atom is -0.307 e. The quantitative estimate of drug-likeness (QED) is 0.0934. The molecule has 0 fully saturated rings. The van der Waals surface area contributed by atoms with Crippen LogP contribution in [0.1, 0.15) is 16.7 Å². The first kappa shape index (κ1) is 70.6. The van der Waals surface area contributed by atoms with Gasteiger partial charge in [-0.2, -0.15) is 23.7 Å². The normalized spacial score (nSPS) is 11.5. The summed E-state index contributed by atoms with van der Waals surface area (Å²) < 4.78 is 49.1. The molecular formula is C99H57F3N16. The zero-order valence-corrected chi connectivity index (χ0v) is 62.2. The van der Waals surface area contributed by atoms with Crippen molar-refractivity contribution in [1.82, 2.24) is 68.9 Å². The number of nitrogens with zero attached hydrogens (tertiary/aromatic N) is 16. The lowest BCUT2D eigenvalue weighted by molar-refractivity contribution is -0.137. The Morgan fingerprint density at radius 1 is 0.212 bits per heavy atom. The molecule has 6 aromatic heterocycles. The molecule has 16 nitrogen and oxygen atoms in total. The monoisotopic (exact) mass is 1530 g/mol. The third-order valence-corrected chi connectivity index (χ3v) is 20.8. The predicted molar refractivity (Wildman–Crippen MR) is 454 cm³/mol. The van der Waals surface area contributed by atoms with E-state index in [0.29, 0.717) is 126 Å². The zero-order valence-electron chi connectivity index (χ0n) is 62.2. The molecule has 0 saturated carbocycles. The molecule has 0 bridgehead atoms. The second-order valence-electron chi connectivity index (χ2n) is 28.1. The second-order valence-corrected chi connectivity index (χ2v) is 28.1. The van der Waals surface area contributed by atoms with Gasteiger partial charge in [0.1, 0.15) is 0 Å². The Morgan fingerprint density at radius 3 is 0.644 bits per heavy atom. The van der Waals surface area contributed by atoms with Crippen LogP contribution < -0.4 is 0 Å². The van der Waals surface area contributed by atoms with E-state index in [1.807, 2.05) is 315 Å². The van der Waals surface area contributed by atoms with Crippen LogP contribution in [-0.4, -0.2) is 68.9 Å². The van der Waals surface area contributed by atoms with Gasteiger partial charge in [0, 0.05) is 99.4 Å². The van der Waals surface area contributed by atoms with Crippen LogP contribution in [0.15, 0.2) is 346 Å².